The van der Waals surface area contributed by atoms with Crippen LogP contribution in [0.25, 0.3) is 0 Å². The lowest BCUT2D eigenvalue weighted by atomic mass is 10.0. The van der Waals surface area contributed by atoms with E-state index in [1.54, 1.807) is 49.6 Å². The monoisotopic (exact) mass is 581 g/mol. The van der Waals surface area contributed by atoms with Crippen LogP contribution in [0.3, 0.4) is 0 Å². The van der Waals surface area contributed by atoms with Gasteiger partial charge in [-0.2, -0.15) is 0 Å². The molecule has 0 radical (unpaired) electrons. The number of methoxy groups -OCH3 is 1. The Hall–Kier alpha value is -4.05. The molecule has 0 unspecified atom stereocenters. The zero-order chi connectivity index (χ0) is 30.0. The highest BCUT2D eigenvalue weighted by Gasteiger charge is 2.33. The summed E-state index contributed by atoms with van der Waals surface area (Å²) in [4.78, 5) is 29.2. The molecule has 0 spiro atoms. The van der Waals surface area contributed by atoms with Crippen molar-refractivity contribution in [3.05, 3.63) is 90.0 Å². The van der Waals surface area contributed by atoms with E-state index in [1.165, 1.54) is 4.90 Å². The van der Waals surface area contributed by atoms with Crippen LogP contribution in [-0.4, -0.2) is 63.7 Å². The number of nitrogens with one attached hydrogen (secondary N) is 1. The van der Waals surface area contributed by atoms with Gasteiger partial charge in [0.25, 0.3) is 0 Å². The molecule has 3 aromatic carbocycles. The molecule has 2 amide bonds. The van der Waals surface area contributed by atoms with Gasteiger partial charge in [-0.3, -0.25) is 13.9 Å². The minimum atomic E-state index is -3.85. The molecule has 3 rings (SSSR count). The first kappa shape index (κ1) is 31.5. The number of amides is 2. The maximum atomic E-state index is 14.1. The summed E-state index contributed by atoms with van der Waals surface area (Å²) in [5.41, 5.74) is 1.92. The zero-order valence-corrected chi connectivity index (χ0v) is 25.1. The zero-order valence-electron chi connectivity index (χ0n) is 24.2. The molecule has 10 heteroatoms. The minimum Gasteiger partial charge on any atom is -0.497 e. The van der Waals surface area contributed by atoms with Gasteiger partial charge in [0.15, 0.2) is 0 Å². The summed E-state index contributed by atoms with van der Waals surface area (Å²) in [5, 5.41) is 2.94. The molecule has 9 nitrogen and oxygen atoms in total. The molecule has 0 heterocycles. The Morgan fingerprint density at radius 3 is 2.15 bits per heavy atom. The van der Waals surface area contributed by atoms with E-state index in [4.69, 9.17) is 9.47 Å². The second-order valence-electron chi connectivity index (χ2n) is 9.94. The lowest BCUT2D eigenvalue weighted by Gasteiger charge is -2.34. The van der Waals surface area contributed by atoms with Crippen molar-refractivity contribution in [2.45, 2.75) is 45.8 Å². The normalized spacial score (nSPS) is 12.0. The summed E-state index contributed by atoms with van der Waals surface area (Å²) in [6.07, 6.45) is 1.30. The van der Waals surface area contributed by atoms with E-state index in [0.29, 0.717) is 23.8 Å². The van der Waals surface area contributed by atoms with Crippen molar-refractivity contribution in [1.29, 1.82) is 0 Å². The van der Waals surface area contributed by atoms with Gasteiger partial charge in [-0.05, 0) is 68.3 Å². The number of ether oxygens (including phenoxy) is 2. The third-order valence-electron chi connectivity index (χ3n) is 6.30. The maximum Gasteiger partial charge on any atom is 0.244 e. The molecular formula is C31H39N3O6S. The molecule has 0 saturated heterocycles. The van der Waals surface area contributed by atoms with E-state index in [2.05, 4.69) is 5.32 Å². The van der Waals surface area contributed by atoms with Crippen molar-refractivity contribution in [3.8, 4) is 11.5 Å². The topological polar surface area (TPSA) is 105 Å². The number of hydrogen-bond donors (Lipinski definition) is 1. The average molecular weight is 582 g/mol. The molecule has 220 valence electrons. The third-order valence-corrected chi connectivity index (χ3v) is 7.44. The van der Waals surface area contributed by atoms with Crippen LogP contribution in [0.4, 0.5) is 5.69 Å². The highest BCUT2D eigenvalue weighted by Crippen LogP contribution is 2.24. The van der Waals surface area contributed by atoms with E-state index < -0.39 is 28.5 Å². The molecule has 0 saturated carbocycles. The fourth-order valence-corrected chi connectivity index (χ4v) is 5.24. The van der Waals surface area contributed by atoms with Gasteiger partial charge in [0.2, 0.25) is 21.8 Å². The van der Waals surface area contributed by atoms with E-state index >= 15 is 0 Å². The van der Waals surface area contributed by atoms with E-state index in [0.717, 1.165) is 21.7 Å². The molecule has 0 aromatic heterocycles. The van der Waals surface area contributed by atoms with Gasteiger partial charge in [0, 0.05) is 19.0 Å². The second kappa shape index (κ2) is 14.5. The Balaban J connectivity index is 2.04. The van der Waals surface area contributed by atoms with Gasteiger partial charge in [0.1, 0.15) is 24.1 Å². The van der Waals surface area contributed by atoms with E-state index in [9.17, 15) is 18.0 Å². The lowest BCUT2D eigenvalue weighted by molar-refractivity contribution is -0.140. The quantitative estimate of drug-likeness (QED) is 0.308. The first-order valence-electron chi connectivity index (χ1n) is 13.5. The van der Waals surface area contributed by atoms with Gasteiger partial charge in [-0.1, -0.05) is 42.5 Å². The largest absolute Gasteiger partial charge is 0.497 e. The van der Waals surface area contributed by atoms with Gasteiger partial charge < -0.3 is 19.7 Å². The third kappa shape index (κ3) is 9.24. The molecule has 3 aromatic rings. The predicted molar refractivity (Wildman–Crippen MR) is 161 cm³/mol. The number of carbonyl (C=O) groups excluding carboxylic acids is 2. The van der Waals surface area contributed by atoms with Crippen LogP contribution in [-0.2, 0) is 32.6 Å². The SMILES string of the molecule is CCOc1ccc(N(CC(=O)N(Cc2cccc(OC)c2)[C@H](Cc2ccccc2)C(=O)NC(C)C)S(C)(=O)=O)cc1. The molecule has 0 aliphatic rings. The molecule has 1 N–H and O–H groups in total. The molecule has 0 aliphatic carbocycles. The Morgan fingerprint density at radius 1 is 0.902 bits per heavy atom. The highest BCUT2D eigenvalue weighted by molar-refractivity contribution is 7.92. The van der Waals surface area contributed by atoms with Gasteiger partial charge in [0.05, 0.1) is 25.7 Å². The summed E-state index contributed by atoms with van der Waals surface area (Å²) < 4.78 is 37.7. The predicted octanol–water partition coefficient (Wildman–Crippen LogP) is 4.02. The first-order valence-corrected chi connectivity index (χ1v) is 15.3. The van der Waals surface area contributed by atoms with E-state index in [-0.39, 0.29) is 24.9 Å². The highest BCUT2D eigenvalue weighted by atomic mass is 32.2. The maximum absolute atomic E-state index is 14.1. The van der Waals surface area contributed by atoms with Crippen molar-refractivity contribution < 1.29 is 27.5 Å². The van der Waals surface area contributed by atoms with Crippen LogP contribution in [0.5, 0.6) is 11.5 Å². The van der Waals surface area contributed by atoms with Gasteiger partial charge >= 0.3 is 0 Å². The summed E-state index contributed by atoms with van der Waals surface area (Å²) >= 11 is 0. The van der Waals surface area contributed by atoms with Gasteiger partial charge in [-0.25, -0.2) is 8.42 Å². The standard InChI is InChI=1S/C31H39N3O6S/c1-6-40-27-17-15-26(16-18-27)34(41(5,37)38)22-30(35)33(21-25-13-10-14-28(19-25)39-4)29(31(36)32-23(2)3)20-24-11-8-7-9-12-24/h7-19,23,29H,6,20-22H2,1-5H3,(H,32,36)/t29-/m1/s1. The summed E-state index contributed by atoms with van der Waals surface area (Å²) in [6.45, 7) is 5.60. The summed E-state index contributed by atoms with van der Waals surface area (Å²) in [6, 6.07) is 22.1. The number of carbonyl (C=O) groups is 2. The Bertz CT molecular complexity index is 1390. The fourth-order valence-electron chi connectivity index (χ4n) is 4.39. The Kier molecular flexibility index (Phi) is 11.2. The number of sulfonamides is 1. The van der Waals surface area contributed by atoms with Crippen LogP contribution in [0, 0.1) is 0 Å². The summed E-state index contributed by atoms with van der Waals surface area (Å²) in [5.74, 6) is 0.344. The number of rotatable bonds is 14. The molecule has 0 aliphatic heterocycles. The smallest absolute Gasteiger partial charge is 0.244 e. The minimum absolute atomic E-state index is 0.0694. The number of hydrogen-bond acceptors (Lipinski definition) is 6. The average Bonchev–Trinajstić information content (AvgIpc) is 2.94. The van der Waals surface area contributed by atoms with Crippen LogP contribution >= 0.6 is 0 Å². The molecule has 41 heavy (non-hydrogen) atoms. The number of anilines is 1. The van der Waals surface area contributed by atoms with Crippen LogP contribution < -0.4 is 19.1 Å². The van der Waals surface area contributed by atoms with Crippen molar-refractivity contribution in [1.82, 2.24) is 10.2 Å². The molecule has 1 atom stereocenters. The molecular weight excluding hydrogens is 542 g/mol. The van der Waals surface area contributed by atoms with Crippen LogP contribution in [0.2, 0.25) is 0 Å². The number of benzene rings is 3. The Morgan fingerprint density at radius 2 is 1.56 bits per heavy atom. The van der Waals surface area contributed by atoms with Crippen molar-refractivity contribution in [2.24, 2.45) is 0 Å². The first-order chi connectivity index (χ1) is 19.5. The van der Waals surface area contributed by atoms with Crippen LogP contribution in [0.1, 0.15) is 31.9 Å². The summed E-state index contributed by atoms with van der Waals surface area (Å²) in [7, 11) is -2.30. The van der Waals surface area contributed by atoms with Crippen molar-refractivity contribution >= 4 is 27.5 Å². The van der Waals surface area contributed by atoms with Crippen molar-refractivity contribution in [3.63, 3.8) is 0 Å². The molecule has 0 fully saturated rings. The van der Waals surface area contributed by atoms with Crippen molar-refractivity contribution in [2.75, 3.05) is 30.8 Å². The Labute approximate surface area is 243 Å². The van der Waals surface area contributed by atoms with Gasteiger partial charge in [-0.15, -0.1) is 0 Å². The number of nitrogens with zero attached hydrogens (tertiary/aromatic N) is 2. The van der Waals surface area contributed by atoms with Crippen LogP contribution in [0.15, 0.2) is 78.9 Å². The fraction of sp³-hybridized carbons (Fsp3) is 0.355. The lowest BCUT2D eigenvalue weighted by Crippen LogP contribution is -2.54. The second-order valence-corrected chi connectivity index (χ2v) is 11.8. The molecule has 0 bridgehead atoms. The van der Waals surface area contributed by atoms with E-state index in [1.807, 2.05) is 57.2 Å².